The van der Waals surface area contributed by atoms with Crippen molar-refractivity contribution in [3.05, 3.63) is 76.0 Å². The van der Waals surface area contributed by atoms with Crippen molar-refractivity contribution in [3.8, 4) is 11.1 Å². The number of aliphatic imine (C=N–C) groups is 1. The van der Waals surface area contributed by atoms with Gasteiger partial charge in [0.1, 0.15) is 11.4 Å². The molecule has 32 heavy (non-hydrogen) atoms. The maximum atomic E-state index is 13.7. The lowest BCUT2D eigenvalue weighted by Crippen LogP contribution is -2.52. The summed E-state index contributed by atoms with van der Waals surface area (Å²) in [6.45, 7) is 2.61. The molecule has 0 bridgehead atoms. The first-order chi connectivity index (χ1) is 15.0. The summed E-state index contributed by atoms with van der Waals surface area (Å²) in [7, 11) is 1.53. The van der Waals surface area contributed by atoms with Crippen LogP contribution in [-0.2, 0) is 16.3 Å². The van der Waals surface area contributed by atoms with Gasteiger partial charge in [-0.1, -0.05) is 24.3 Å². The summed E-state index contributed by atoms with van der Waals surface area (Å²) in [5.41, 5.74) is 6.71. The number of hydrogen-bond acceptors (Lipinski definition) is 5. The van der Waals surface area contributed by atoms with Gasteiger partial charge in [-0.3, -0.25) is 14.7 Å². The normalized spacial score (nSPS) is 21.6. The van der Waals surface area contributed by atoms with Crippen molar-refractivity contribution in [2.75, 3.05) is 7.05 Å². The van der Waals surface area contributed by atoms with Crippen LogP contribution in [0.1, 0.15) is 35.8 Å². The Hall–Kier alpha value is -3.20. The van der Waals surface area contributed by atoms with E-state index in [0.717, 1.165) is 23.6 Å². The highest BCUT2D eigenvalue weighted by molar-refractivity contribution is 7.10. The van der Waals surface area contributed by atoms with Crippen LogP contribution in [0.25, 0.3) is 11.1 Å². The molecular formula is C23H21F3N4OS. The maximum Gasteiger partial charge on any atom is 0.270 e. The number of benzene rings is 1. The fraction of sp³-hybridized carbons (Fsp3) is 0.261. The van der Waals surface area contributed by atoms with Gasteiger partial charge in [0.05, 0.1) is 12.1 Å². The van der Waals surface area contributed by atoms with Crippen LogP contribution in [0, 0.1) is 5.82 Å². The highest BCUT2D eigenvalue weighted by Gasteiger charge is 2.48. The molecule has 1 aromatic carbocycles. The van der Waals surface area contributed by atoms with Gasteiger partial charge < -0.3 is 5.73 Å². The lowest BCUT2D eigenvalue weighted by Gasteiger charge is -2.40. The number of halogens is 3. The summed E-state index contributed by atoms with van der Waals surface area (Å²) in [6, 6.07) is 8.91. The molecule has 0 aliphatic carbocycles. The number of likely N-dealkylation sites (N-methyl/N-ethyl adjacent to an activating group) is 1. The molecule has 3 heterocycles. The maximum absolute atomic E-state index is 13.7. The van der Waals surface area contributed by atoms with Crippen molar-refractivity contribution in [3.63, 3.8) is 0 Å². The highest BCUT2D eigenvalue weighted by Crippen LogP contribution is 2.47. The molecule has 0 saturated heterocycles. The molecule has 1 aliphatic rings. The first-order valence-corrected chi connectivity index (χ1v) is 10.7. The van der Waals surface area contributed by atoms with E-state index < -0.39 is 23.2 Å². The molecule has 9 heteroatoms. The van der Waals surface area contributed by atoms with Gasteiger partial charge in [0.15, 0.2) is 5.96 Å². The van der Waals surface area contributed by atoms with Crippen molar-refractivity contribution in [2.24, 2.45) is 10.7 Å². The van der Waals surface area contributed by atoms with E-state index in [1.807, 2.05) is 11.4 Å². The van der Waals surface area contributed by atoms with E-state index in [2.05, 4.69) is 9.98 Å². The van der Waals surface area contributed by atoms with Crippen molar-refractivity contribution in [2.45, 2.75) is 31.2 Å². The van der Waals surface area contributed by atoms with Crippen LogP contribution in [0.3, 0.4) is 0 Å². The third-order valence-corrected chi connectivity index (χ3v) is 6.87. The third kappa shape index (κ3) is 3.77. The van der Waals surface area contributed by atoms with E-state index in [9.17, 15) is 18.0 Å². The zero-order chi connectivity index (χ0) is 23.3. The lowest BCUT2D eigenvalue weighted by molar-refractivity contribution is -0.130. The molecule has 2 aromatic heterocycles. The van der Waals surface area contributed by atoms with Crippen LogP contribution >= 0.6 is 11.3 Å². The fourth-order valence-corrected chi connectivity index (χ4v) is 4.94. The standard InChI is InChI=1S/C23H21F3N4OS/c1-22(18-9-15(12-32-18)14-8-17(24)11-28-10-14)19(20(31)30(3)21(27)29-22)13-4-6-16(7-5-13)23(2,25)26/h4-12,19H,1-3H3,(H2,27,29)/t19-,22-/m1/s1. The highest BCUT2D eigenvalue weighted by atomic mass is 32.1. The van der Waals surface area contributed by atoms with E-state index in [-0.39, 0.29) is 17.4 Å². The second-order valence-corrected chi connectivity index (χ2v) is 8.96. The minimum Gasteiger partial charge on any atom is -0.369 e. The molecule has 3 aromatic rings. The SMILES string of the molecule is CN1C(=O)[C@@H](c2ccc(C(C)(F)F)cc2)[C@@](C)(c2cc(-c3cncc(F)c3)cs2)N=C1N. The molecule has 2 atom stereocenters. The molecule has 166 valence electrons. The smallest absolute Gasteiger partial charge is 0.270 e. The number of pyridine rings is 1. The number of amides is 1. The van der Waals surface area contributed by atoms with Gasteiger partial charge >= 0.3 is 0 Å². The first kappa shape index (κ1) is 22.0. The van der Waals surface area contributed by atoms with Crippen molar-refractivity contribution < 1.29 is 18.0 Å². The predicted molar refractivity (Wildman–Crippen MR) is 118 cm³/mol. The summed E-state index contributed by atoms with van der Waals surface area (Å²) in [5, 5.41) is 1.84. The van der Waals surface area contributed by atoms with E-state index in [4.69, 9.17) is 5.73 Å². The molecule has 5 nitrogen and oxygen atoms in total. The average Bonchev–Trinajstić information content (AvgIpc) is 3.23. The van der Waals surface area contributed by atoms with Crippen molar-refractivity contribution in [1.29, 1.82) is 0 Å². The number of aromatic nitrogens is 1. The summed E-state index contributed by atoms with van der Waals surface area (Å²) >= 11 is 1.36. The van der Waals surface area contributed by atoms with Crippen LogP contribution in [0.5, 0.6) is 0 Å². The summed E-state index contributed by atoms with van der Waals surface area (Å²) in [5.74, 6) is -4.45. The van der Waals surface area contributed by atoms with Gasteiger partial charge in [-0.15, -0.1) is 11.3 Å². The van der Waals surface area contributed by atoms with Crippen LogP contribution < -0.4 is 5.73 Å². The van der Waals surface area contributed by atoms with E-state index in [1.165, 1.54) is 53.6 Å². The van der Waals surface area contributed by atoms with Gasteiger partial charge in [-0.05, 0) is 35.6 Å². The topological polar surface area (TPSA) is 71.6 Å². The van der Waals surface area contributed by atoms with E-state index in [0.29, 0.717) is 11.1 Å². The molecule has 0 unspecified atom stereocenters. The summed E-state index contributed by atoms with van der Waals surface area (Å²) in [6.07, 6.45) is 2.67. The number of nitrogens with zero attached hydrogens (tertiary/aromatic N) is 3. The molecule has 0 saturated carbocycles. The largest absolute Gasteiger partial charge is 0.369 e. The predicted octanol–water partition coefficient (Wildman–Crippen LogP) is 4.85. The molecule has 4 rings (SSSR count). The second-order valence-electron chi connectivity index (χ2n) is 8.05. The third-order valence-electron chi connectivity index (χ3n) is 5.72. The van der Waals surface area contributed by atoms with Crippen molar-refractivity contribution in [1.82, 2.24) is 9.88 Å². The van der Waals surface area contributed by atoms with Gasteiger partial charge in [-0.25, -0.2) is 18.2 Å². The minimum absolute atomic E-state index is 0.0628. The fourth-order valence-electron chi connectivity index (χ4n) is 3.88. The number of guanidine groups is 1. The Morgan fingerprint density at radius 1 is 1.16 bits per heavy atom. The Bertz CT molecular complexity index is 1200. The molecule has 0 fully saturated rings. The molecule has 2 N–H and O–H groups in total. The number of hydrogen-bond donors (Lipinski definition) is 1. The Labute approximate surface area is 187 Å². The molecule has 0 spiro atoms. The Kier molecular flexibility index (Phi) is 5.32. The monoisotopic (exact) mass is 458 g/mol. The quantitative estimate of drug-likeness (QED) is 0.608. The lowest BCUT2D eigenvalue weighted by atomic mass is 9.77. The van der Waals surface area contributed by atoms with Gasteiger partial charge in [0.2, 0.25) is 5.91 Å². The first-order valence-electron chi connectivity index (χ1n) is 9.82. The Morgan fingerprint density at radius 3 is 2.47 bits per heavy atom. The van der Waals surface area contributed by atoms with E-state index in [1.54, 1.807) is 13.1 Å². The number of thiophene rings is 1. The van der Waals surface area contributed by atoms with Crippen LogP contribution in [-0.4, -0.2) is 28.8 Å². The Balaban J connectivity index is 1.81. The minimum atomic E-state index is -2.99. The van der Waals surface area contributed by atoms with Gasteiger partial charge in [-0.2, -0.15) is 0 Å². The average molecular weight is 459 g/mol. The van der Waals surface area contributed by atoms with Crippen LogP contribution in [0.4, 0.5) is 13.2 Å². The zero-order valence-electron chi connectivity index (χ0n) is 17.6. The molecule has 1 amide bonds. The van der Waals surface area contributed by atoms with Crippen molar-refractivity contribution >= 4 is 23.2 Å². The van der Waals surface area contributed by atoms with Crippen LogP contribution in [0.15, 0.2) is 59.2 Å². The van der Waals surface area contributed by atoms with Gasteiger partial charge in [0, 0.05) is 36.2 Å². The summed E-state index contributed by atoms with van der Waals surface area (Å²) in [4.78, 5) is 23.8. The number of carbonyl (C=O) groups is 1. The number of nitrogens with two attached hydrogens (primary N) is 1. The van der Waals surface area contributed by atoms with Gasteiger partial charge in [0.25, 0.3) is 5.92 Å². The second kappa shape index (κ2) is 7.74. The number of carbonyl (C=O) groups excluding carboxylic acids is 1. The molecule has 0 radical (unpaired) electrons. The van der Waals surface area contributed by atoms with E-state index >= 15 is 0 Å². The molecular weight excluding hydrogens is 437 g/mol. The number of rotatable bonds is 4. The zero-order valence-corrected chi connectivity index (χ0v) is 18.5. The summed E-state index contributed by atoms with van der Waals surface area (Å²) < 4.78 is 41.0. The van der Waals surface area contributed by atoms with Crippen LogP contribution in [0.2, 0.25) is 0 Å². The molecule has 1 aliphatic heterocycles. The number of alkyl halides is 2. The Morgan fingerprint density at radius 2 is 1.84 bits per heavy atom.